The van der Waals surface area contributed by atoms with Crippen molar-refractivity contribution in [2.75, 3.05) is 0 Å². The van der Waals surface area contributed by atoms with E-state index in [4.69, 9.17) is 10.8 Å². The first-order valence-electron chi connectivity index (χ1n) is 5.85. The van der Waals surface area contributed by atoms with Gasteiger partial charge in [-0.1, -0.05) is 0 Å². The number of carbonyl (C=O) groups is 3. The number of urea groups is 1. The third kappa shape index (κ3) is 5.65. The van der Waals surface area contributed by atoms with Gasteiger partial charge in [-0.15, -0.1) is 11.3 Å². The van der Waals surface area contributed by atoms with Crippen LogP contribution in [0.2, 0.25) is 0 Å². The first-order valence-corrected chi connectivity index (χ1v) is 6.67. The van der Waals surface area contributed by atoms with Crippen molar-refractivity contribution in [2.45, 2.75) is 32.4 Å². The molecule has 0 unspecified atom stereocenters. The lowest BCUT2D eigenvalue weighted by molar-refractivity contribution is -0.139. The Morgan fingerprint density at radius 1 is 1.50 bits per heavy atom. The molecule has 8 nitrogen and oxygen atoms in total. The third-order valence-electron chi connectivity index (χ3n) is 2.38. The molecule has 20 heavy (non-hydrogen) atoms. The summed E-state index contributed by atoms with van der Waals surface area (Å²) in [7, 11) is 0. The van der Waals surface area contributed by atoms with Crippen LogP contribution in [0.3, 0.4) is 0 Å². The molecule has 0 aliphatic carbocycles. The number of primary amides is 1. The van der Waals surface area contributed by atoms with E-state index in [0.29, 0.717) is 0 Å². The summed E-state index contributed by atoms with van der Waals surface area (Å²) < 4.78 is 0. The molecule has 0 saturated heterocycles. The molecule has 0 aromatic carbocycles. The van der Waals surface area contributed by atoms with Crippen LogP contribution in [0.5, 0.6) is 0 Å². The van der Waals surface area contributed by atoms with Gasteiger partial charge in [0, 0.05) is 17.5 Å². The van der Waals surface area contributed by atoms with Gasteiger partial charge >= 0.3 is 12.0 Å². The number of aryl methyl sites for hydroxylation is 1. The zero-order valence-electron chi connectivity index (χ0n) is 10.9. The van der Waals surface area contributed by atoms with Crippen LogP contribution in [-0.4, -0.2) is 34.0 Å². The monoisotopic (exact) mass is 300 g/mol. The molecule has 0 fully saturated rings. The average Bonchev–Trinajstić information content (AvgIpc) is 2.77. The molecular formula is C11H16N4O4S. The number of aliphatic carboxylic acids is 1. The molecule has 0 radical (unpaired) electrons. The topological polar surface area (TPSA) is 134 Å². The Kier molecular flexibility index (Phi) is 5.91. The van der Waals surface area contributed by atoms with E-state index in [1.54, 1.807) is 6.20 Å². The van der Waals surface area contributed by atoms with Gasteiger partial charge in [0.1, 0.15) is 6.04 Å². The van der Waals surface area contributed by atoms with E-state index in [-0.39, 0.29) is 19.4 Å². The fourth-order valence-corrected chi connectivity index (χ4v) is 2.14. The first kappa shape index (κ1) is 15.9. The van der Waals surface area contributed by atoms with Gasteiger partial charge in [0.15, 0.2) is 0 Å². The first-order chi connectivity index (χ1) is 9.38. The molecule has 0 saturated carbocycles. The minimum absolute atomic E-state index is 0.0439. The highest BCUT2D eigenvalue weighted by Crippen LogP contribution is 2.10. The Bertz CT molecular complexity index is 502. The molecule has 1 heterocycles. The molecule has 1 atom stereocenters. The van der Waals surface area contributed by atoms with Crippen molar-refractivity contribution in [1.29, 1.82) is 0 Å². The van der Waals surface area contributed by atoms with Crippen LogP contribution in [0.4, 0.5) is 4.79 Å². The summed E-state index contributed by atoms with van der Waals surface area (Å²) in [5, 5.41) is 14.6. The van der Waals surface area contributed by atoms with Gasteiger partial charge in [0.2, 0.25) is 5.91 Å². The Labute approximate surface area is 119 Å². The van der Waals surface area contributed by atoms with Gasteiger partial charge in [-0.25, -0.2) is 14.6 Å². The van der Waals surface area contributed by atoms with Crippen molar-refractivity contribution in [3.8, 4) is 0 Å². The van der Waals surface area contributed by atoms with Crippen LogP contribution in [0.1, 0.15) is 22.7 Å². The third-order valence-corrected chi connectivity index (χ3v) is 3.29. The molecule has 1 rings (SSSR count). The van der Waals surface area contributed by atoms with Gasteiger partial charge < -0.3 is 21.5 Å². The van der Waals surface area contributed by atoms with E-state index in [0.717, 1.165) is 9.88 Å². The molecule has 0 spiro atoms. The summed E-state index contributed by atoms with van der Waals surface area (Å²) in [5.41, 5.74) is 4.94. The van der Waals surface area contributed by atoms with Crippen LogP contribution in [-0.2, 0) is 16.1 Å². The van der Waals surface area contributed by atoms with E-state index in [1.807, 2.05) is 6.92 Å². The number of amides is 3. The number of nitrogens with two attached hydrogens (primary N) is 1. The largest absolute Gasteiger partial charge is 0.480 e. The van der Waals surface area contributed by atoms with E-state index in [9.17, 15) is 14.4 Å². The number of carbonyl (C=O) groups excluding carboxylic acids is 2. The summed E-state index contributed by atoms with van der Waals surface area (Å²) in [6.45, 7) is 2.11. The van der Waals surface area contributed by atoms with Gasteiger partial charge in [0.25, 0.3) is 0 Å². The molecule has 5 N–H and O–H groups in total. The minimum atomic E-state index is -1.21. The maximum atomic E-state index is 11.6. The molecule has 0 bridgehead atoms. The predicted octanol–water partition coefficient (Wildman–Crippen LogP) is -0.0306. The normalized spacial score (nSPS) is 11.7. The lowest BCUT2D eigenvalue weighted by Crippen LogP contribution is -2.46. The number of aromatic nitrogens is 1. The number of hydrogen-bond donors (Lipinski definition) is 4. The Hall–Kier alpha value is -2.16. The molecule has 9 heteroatoms. The Morgan fingerprint density at radius 3 is 2.70 bits per heavy atom. The molecule has 0 aliphatic heterocycles. The number of rotatable bonds is 7. The summed E-state index contributed by atoms with van der Waals surface area (Å²) in [6.07, 6.45) is 1.49. The molecular weight excluding hydrogens is 284 g/mol. The van der Waals surface area contributed by atoms with Crippen molar-refractivity contribution in [3.05, 3.63) is 16.1 Å². The van der Waals surface area contributed by atoms with E-state index in [1.165, 1.54) is 11.3 Å². The zero-order valence-corrected chi connectivity index (χ0v) is 11.7. The predicted molar refractivity (Wildman–Crippen MR) is 72.1 cm³/mol. The summed E-state index contributed by atoms with van der Waals surface area (Å²) in [4.78, 5) is 38.0. The zero-order chi connectivity index (χ0) is 15.1. The number of hydrogen-bond acceptors (Lipinski definition) is 5. The number of nitrogens with zero attached hydrogens (tertiary/aromatic N) is 1. The smallest absolute Gasteiger partial charge is 0.326 e. The number of nitrogens with one attached hydrogen (secondary N) is 2. The summed E-state index contributed by atoms with van der Waals surface area (Å²) in [5.74, 6) is -1.83. The van der Waals surface area contributed by atoms with Crippen molar-refractivity contribution in [2.24, 2.45) is 5.73 Å². The van der Waals surface area contributed by atoms with Gasteiger partial charge in [-0.2, -0.15) is 0 Å². The fraction of sp³-hybridized carbons (Fsp3) is 0.455. The van der Waals surface area contributed by atoms with E-state index < -0.39 is 23.9 Å². The SMILES string of the molecule is Cc1ncc(CNC(=O)N[C@@H](CCC(N)=O)C(=O)O)s1. The molecule has 110 valence electrons. The van der Waals surface area contributed by atoms with Gasteiger partial charge in [-0.3, -0.25) is 4.79 Å². The maximum absolute atomic E-state index is 11.6. The van der Waals surface area contributed by atoms with Crippen LogP contribution in [0, 0.1) is 6.92 Å². The highest BCUT2D eigenvalue weighted by atomic mass is 32.1. The standard InChI is InChI=1S/C11H16N4O4S/c1-6-13-4-7(20-6)5-14-11(19)15-8(10(17)18)2-3-9(12)16/h4,8H,2-3,5H2,1H3,(H2,12,16)(H,17,18)(H2,14,15,19)/t8-/m0/s1. The highest BCUT2D eigenvalue weighted by Gasteiger charge is 2.20. The maximum Gasteiger partial charge on any atom is 0.326 e. The molecule has 1 aromatic heterocycles. The van der Waals surface area contributed by atoms with Crippen LogP contribution < -0.4 is 16.4 Å². The lowest BCUT2D eigenvalue weighted by atomic mass is 10.1. The van der Waals surface area contributed by atoms with Crippen LogP contribution in [0.15, 0.2) is 6.20 Å². The number of carboxylic acid groups (broad SMARTS) is 1. The lowest BCUT2D eigenvalue weighted by Gasteiger charge is -2.14. The summed E-state index contributed by atoms with van der Waals surface area (Å²) in [6, 6.07) is -1.77. The number of thiazole rings is 1. The second-order valence-electron chi connectivity index (χ2n) is 4.07. The van der Waals surface area contributed by atoms with Crippen molar-refractivity contribution >= 4 is 29.2 Å². The molecule has 0 aliphatic rings. The second-order valence-corrected chi connectivity index (χ2v) is 5.39. The summed E-state index contributed by atoms with van der Waals surface area (Å²) >= 11 is 1.44. The van der Waals surface area contributed by atoms with Crippen LogP contribution in [0.25, 0.3) is 0 Å². The Balaban J connectivity index is 2.41. The second kappa shape index (κ2) is 7.43. The molecule has 1 aromatic rings. The quantitative estimate of drug-likeness (QED) is 0.561. The minimum Gasteiger partial charge on any atom is -0.480 e. The van der Waals surface area contributed by atoms with Crippen molar-refractivity contribution < 1.29 is 19.5 Å². The van der Waals surface area contributed by atoms with Crippen LogP contribution >= 0.6 is 11.3 Å². The van der Waals surface area contributed by atoms with E-state index >= 15 is 0 Å². The van der Waals surface area contributed by atoms with Gasteiger partial charge in [-0.05, 0) is 13.3 Å². The fourth-order valence-electron chi connectivity index (χ4n) is 1.41. The van der Waals surface area contributed by atoms with Gasteiger partial charge in [0.05, 0.1) is 11.6 Å². The highest BCUT2D eigenvalue weighted by molar-refractivity contribution is 7.11. The number of carboxylic acids is 1. The van der Waals surface area contributed by atoms with Crippen molar-refractivity contribution in [3.63, 3.8) is 0 Å². The average molecular weight is 300 g/mol. The van der Waals surface area contributed by atoms with Crippen molar-refractivity contribution in [1.82, 2.24) is 15.6 Å². The Morgan fingerprint density at radius 2 is 2.20 bits per heavy atom. The van der Waals surface area contributed by atoms with E-state index in [2.05, 4.69) is 15.6 Å². The molecule has 3 amide bonds.